The molecule has 1 saturated heterocycles. The number of nitrogens with one attached hydrogen (secondary N) is 2. The molecular formula is C17H23BrN2O3. The first-order valence-corrected chi connectivity index (χ1v) is 9.02. The number of amides is 2. The number of hydrogen-bond acceptors (Lipinski definition) is 3. The molecular weight excluding hydrogens is 360 g/mol. The van der Waals surface area contributed by atoms with Gasteiger partial charge in [-0.25, -0.2) is 4.79 Å². The van der Waals surface area contributed by atoms with Gasteiger partial charge in [-0.3, -0.25) is 0 Å². The average molecular weight is 383 g/mol. The molecule has 1 aromatic carbocycles. The summed E-state index contributed by atoms with van der Waals surface area (Å²) in [6, 6.07) is 3.91. The van der Waals surface area contributed by atoms with Crippen LogP contribution in [0.4, 0.5) is 4.79 Å². The molecule has 2 aliphatic rings. The van der Waals surface area contributed by atoms with Gasteiger partial charge in [0.05, 0.1) is 18.8 Å². The zero-order chi connectivity index (χ0) is 16.2. The summed E-state index contributed by atoms with van der Waals surface area (Å²) in [5, 5.41) is 5.80. The van der Waals surface area contributed by atoms with Crippen molar-refractivity contribution in [3.05, 3.63) is 27.7 Å². The Kier molecular flexibility index (Phi) is 5.43. The molecule has 0 bridgehead atoms. The molecule has 5 nitrogen and oxygen atoms in total. The van der Waals surface area contributed by atoms with Gasteiger partial charge in [-0.05, 0) is 43.9 Å². The second-order valence-electron chi connectivity index (χ2n) is 6.21. The monoisotopic (exact) mass is 382 g/mol. The summed E-state index contributed by atoms with van der Waals surface area (Å²) in [6.45, 7) is 3.81. The van der Waals surface area contributed by atoms with Crippen molar-refractivity contribution in [3.8, 4) is 5.75 Å². The largest absolute Gasteiger partial charge is 0.493 e. The van der Waals surface area contributed by atoms with Gasteiger partial charge in [0.1, 0.15) is 5.75 Å². The van der Waals surface area contributed by atoms with E-state index in [2.05, 4.69) is 39.6 Å². The van der Waals surface area contributed by atoms with E-state index in [1.54, 1.807) is 0 Å². The molecule has 2 heterocycles. The van der Waals surface area contributed by atoms with Gasteiger partial charge in [-0.2, -0.15) is 0 Å². The molecule has 2 atom stereocenters. The number of carbonyl (C=O) groups is 1. The van der Waals surface area contributed by atoms with Crippen LogP contribution in [0.1, 0.15) is 37.3 Å². The summed E-state index contributed by atoms with van der Waals surface area (Å²) in [5.74, 6) is 0.915. The van der Waals surface area contributed by atoms with Crippen LogP contribution in [0, 0.1) is 0 Å². The Bertz CT molecular complexity index is 579. The van der Waals surface area contributed by atoms with Crippen LogP contribution in [0.3, 0.4) is 0 Å². The molecule has 6 heteroatoms. The van der Waals surface area contributed by atoms with Crippen LogP contribution < -0.4 is 15.4 Å². The van der Waals surface area contributed by atoms with Crippen molar-refractivity contribution in [3.63, 3.8) is 0 Å². The topological polar surface area (TPSA) is 59.6 Å². The van der Waals surface area contributed by atoms with E-state index >= 15 is 0 Å². The van der Waals surface area contributed by atoms with Gasteiger partial charge in [0.2, 0.25) is 0 Å². The second-order valence-corrected chi connectivity index (χ2v) is 7.13. The molecule has 23 heavy (non-hydrogen) atoms. The molecule has 2 aliphatic heterocycles. The molecule has 126 valence electrons. The fourth-order valence-corrected chi connectivity index (χ4v) is 3.72. The number of urea groups is 1. The minimum Gasteiger partial charge on any atom is -0.493 e. The van der Waals surface area contributed by atoms with E-state index in [0.717, 1.165) is 41.5 Å². The lowest BCUT2D eigenvalue weighted by atomic mass is 10.1. The van der Waals surface area contributed by atoms with E-state index in [0.29, 0.717) is 25.8 Å². The SMILES string of the molecule is CC1CCCC(CNC(=O)NCc2cc(Br)cc3c2OCC3)O1. The second kappa shape index (κ2) is 7.53. The summed E-state index contributed by atoms with van der Waals surface area (Å²) in [5.41, 5.74) is 2.20. The lowest BCUT2D eigenvalue weighted by molar-refractivity contribution is -0.0368. The minimum absolute atomic E-state index is 0.128. The lowest BCUT2D eigenvalue weighted by Crippen LogP contribution is -2.42. The highest BCUT2D eigenvalue weighted by atomic mass is 79.9. The molecule has 1 aromatic rings. The Morgan fingerprint density at radius 1 is 1.35 bits per heavy atom. The third kappa shape index (κ3) is 4.38. The Labute approximate surface area is 145 Å². The van der Waals surface area contributed by atoms with Crippen LogP contribution in [0.15, 0.2) is 16.6 Å². The number of ether oxygens (including phenoxy) is 2. The maximum Gasteiger partial charge on any atom is 0.315 e. The third-order valence-electron chi connectivity index (χ3n) is 4.32. The van der Waals surface area contributed by atoms with Gasteiger partial charge >= 0.3 is 6.03 Å². The predicted octanol–water partition coefficient (Wildman–Crippen LogP) is 3.14. The van der Waals surface area contributed by atoms with Crippen molar-refractivity contribution in [2.75, 3.05) is 13.2 Å². The van der Waals surface area contributed by atoms with Gasteiger partial charge in [0.15, 0.2) is 0 Å². The molecule has 0 radical (unpaired) electrons. The van der Waals surface area contributed by atoms with E-state index in [9.17, 15) is 4.79 Å². The van der Waals surface area contributed by atoms with Gasteiger partial charge in [0.25, 0.3) is 0 Å². The highest BCUT2D eigenvalue weighted by molar-refractivity contribution is 9.10. The van der Waals surface area contributed by atoms with Crippen LogP contribution >= 0.6 is 15.9 Å². The molecule has 2 amide bonds. The molecule has 0 spiro atoms. The van der Waals surface area contributed by atoms with Crippen molar-refractivity contribution in [2.24, 2.45) is 0 Å². The zero-order valence-corrected chi connectivity index (χ0v) is 14.9. The Balaban J connectivity index is 1.48. The molecule has 0 aromatic heterocycles. The van der Waals surface area contributed by atoms with Gasteiger partial charge in [-0.15, -0.1) is 0 Å². The van der Waals surface area contributed by atoms with Crippen LogP contribution in [-0.2, 0) is 17.7 Å². The molecule has 1 fully saturated rings. The fourth-order valence-electron chi connectivity index (χ4n) is 3.17. The fraction of sp³-hybridized carbons (Fsp3) is 0.588. The summed E-state index contributed by atoms with van der Waals surface area (Å²) < 4.78 is 12.5. The van der Waals surface area contributed by atoms with Crippen molar-refractivity contribution in [2.45, 2.75) is 51.4 Å². The quantitative estimate of drug-likeness (QED) is 0.840. The summed E-state index contributed by atoms with van der Waals surface area (Å²) in [6.07, 6.45) is 4.62. The van der Waals surface area contributed by atoms with Crippen molar-refractivity contribution >= 4 is 22.0 Å². The Hall–Kier alpha value is -1.27. The molecule has 2 unspecified atom stereocenters. The zero-order valence-electron chi connectivity index (χ0n) is 13.4. The average Bonchev–Trinajstić information content (AvgIpc) is 2.99. The number of benzene rings is 1. The highest BCUT2D eigenvalue weighted by Crippen LogP contribution is 2.32. The number of rotatable bonds is 4. The highest BCUT2D eigenvalue weighted by Gasteiger charge is 2.20. The number of carbonyl (C=O) groups excluding carboxylic acids is 1. The van der Waals surface area contributed by atoms with E-state index in [1.807, 2.05) is 6.07 Å². The first-order chi connectivity index (χ1) is 11.1. The minimum atomic E-state index is -0.168. The van der Waals surface area contributed by atoms with Crippen LogP contribution in [0.2, 0.25) is 0 Å². The Morgan fingerprint density at radius 3 is 3.04 bits per heavy atom. The predicted molar refractivity (Wildman–Crippen MR) is 91.8 cm³/mol. The van der Waals surface area contributed by atoms with Crippen molar-refractivity contribution in [1.82, 2.24) is 10.6 Å². The summed E-state index contributed by atoms with van der Waals surface area (Å²) in [4.78, 5) is 12.0. The number of hydrogen-bond donors (Lipinski definition) is 2. The third-order valence-corrected chi connectivity index (χ3v) is 4.77. The van der Waals surface area contributed by atoms with Crippen LogP contribution in [0.5, 0.6) is 5.75 Å². The normalized spacial score (nSPS) is 23.0. The van der Waals surface area contributed by atoms with Gasteiger partial charge in [0, 0.05) is 29.5 Å². The van der Waals surface area contributed by atoms with Gasteiger partial charge in [-0.1, -0.05) is 15.9 Å². The summed E-state index contributed by atoms with van der Waals surface area (Å²) in [7, 11) is 0. The van der Waals surface area contributed by atoms with Gasteiger partial charge < -0.3 is 20.1 Å². The van der Waals surface area contributed by atoms with E-state index in [1.165, 1.54) is 5.56 Å². The maximum atomic E-state index is 12.0. The lowest BCUT2D eigenvalue weighted by Gasteiger charge is -2.27. The first kappa shape index (κ1) is 16.6. The smallest absolute Gasteiger partial charge is 0.315 e. The van der Waals surface area contributed by atoms with Crippen molar-refractivity contribution in [1.29, 1.82) is 0 Å². The van der Waals surface area contributed by atoms with Crippen molar-refractivity contribution < 1.29 is 14.3 Å². The first-order valence-electron chi connectivity index (χ1n) is 8.23. The molecule has 0 aliphatic carbocycles. The summed E-state index contributed by atoms with van der Waals surface area (Å²) >= 11 is 3.51. The molecule has 0 saturated carbocycles. The molecule has 2 N–H and O–H groups in total. The standard InChI is InChI=1S/C17H23BrN2O3/c1-11-3-2-4-15(23-11)10-20-17(21)19-9-13-8-14(18)7-12-5-6-22-16(12)13/h7-8,11,15H,2-6,9-10H2,1H3,(H2,19,20,21). The number of halogens is 1. The maximum absolute atomic E-state index is 12.0. The van der Waals surface area contributed by atoms with Crippen LogP contribution in [0.25, 0.3) is 0 Å². The van der Waals surface area contributed by atoms with E-state index < -0.39 is 0 Å². The number of fused-ring (bicyclic) bond motifs is 1. The van der Waals surface area contributed by atoms with E-state index in [4.69, 9.17) is 9.47 Å². The molecule has 3 rings (SSSR count). The Morgan fingerprint density at radius 2 is 2.22 bits per heavy atom. The van der Waals surface area contributed by atoms with Crippen LogP contribution in [-0.4, -0.2) is 31.4 Å². The van der Waals surface area contributed by atoms with E-state index in [-0.39, 0.29) is 12.1 Å².